The van der Waals surface area contributed by atoms with Crippen molar-refractivity contribution in [3.63, 3.8) is 0 Å². The Morgan fingerprint density at radius 1 is 1.26 bits per heavy atom. The molecule has 0 atom stereocenters. The summed E-state index contributed by atoms with van der Waals surface area (Å²) in [5.74, 6) is -0.236. The molecule has 0 unspecified atom stereocenters. The lowest BCUT2D eigenvalue weighted by Gasteiger charge is -2.26. The van der Waals surface area contributed by atoms with E-state index in [0.29, 0.717) is 25.2 Å². The molecule has 3 heterocycles. The first-order valence-corrected chi connectivity index (χ1v) is 9.63. The summed E-state index contributed by atoms with van der Waals surface area (Å²) in [6, 6.07) is 12.1. The number of amides is 2. The lowest BCUT2D eigenvalue weighted by atomic mass is 10.0. The highest BCUT2D eigenvalue weighted by atomic mass is 32.1. The van der Waals surface area contributed by atoms with Crippen LogP contribution in [0.3, 0.4) is 0 Å². The van der Waals surface area contributed by atoms with Crippen LogP contribution in [-0.2, 0) is 13.0 Å². The standard InChI is InChI=1S/C20H20N4O2S/c1-12-10-16(27-18(12)13-6-4-3-5-7-13)20(26)24-9-8-15-14(11-24)17(23-22-15)19(25)21-2/h3-7,10H,8-9,11H2,1-2H3,(H,21,25)(H,22,23). The second kappa shape index (κ2) is 7.00. The summed E-state index contributed by atoms with van der Waals surface area (Å²) in [4.78, 5) is 28.7. The monoisotopic (exact) mass is 380 g/mol. The van der Waals surface area contributed by atoms with E-state index in [1.807, 2.05) is 31.2 Å². The molecule has 2 N–H and O–H groups in total. The number of aromatic amines is 1. The number of carbonyl (C=O) groups excluding carboxylic acids is 2. The molecule has 2 aromatic heterocycles. The van der Waals surface area contributed by atoms with E-state index in [-0.39, 0.29) is 11.8 Å². The third-order valence-corrected chi connectivity index (χ3v) is 6.10. The number of thiophene rings is 1. The highest BCUT2D eigenvalue weighted by Crippen LogP contribution is 2.33. The van der Waals surface area contributed by atoms with Crippen molar-refractivity contribution in [2.24, 2.45) is 0 Å². The number of H-pyrrole nitrogens is 1. The molecule has 1 aliphatic heterocycles. The van der Waals surface area contributed by atoms with Crippen LogP contribution < -0.4 is 5.32 Å². The second-order valence-electron chi connectivity index (χ2n) is 6.57. The molecular weight excluding hydrogens is 360 g/mol. The molecule has 1 aromatic carbocycles. The molecular formula is C20H20N4O2S. The molecule has 4 rings (SSSR count). The summed E-state index contributed by atoms with van der Waals surface area (Å²) in [7, 11) is 1.58. The first-order chi connectivity index (χ1) is 13.1. The Kier molecular flexibility index (Phi) is 4.53. The van der Waals surface area contributed by atoms with Crippen LogP contribution in [0.4, 0.5) is 0 Å². The Hall–Kier alpha value is -2.93. The minimum Gasteiger partial charge on any atom is -0.354 e. The first-order valence-electron chi connectivity index (χ1n) is 8.81. The maximum absolute atomic E-state index is 13.1. The van der Waals surface area contributed by atoms with Crippen LogP contribution in [-0.4, -0.2) is 40.5 Å². The fourth-order valence-electron chi connectivity index (χ4n) is 3.39. The average molecular weight is 380 g/mol. The number of benzene rings is 1. The molecule has 0 bridgehead atoms. The maximum Gasteiger partial charge on any atom is 0.271 e. The van der Waals surface area contributed by atoms with E-state index in [1.54, 1.807) is 11.9 Å². The molecule has 2 amide bonds. The van der Waals surface area contributed by atoms with Crippen LogP contribution >= 0.6 is 11.3 Å². The van der Waals surface area contributed by atoms with E-state index in [1.165, 1.54) is 11.3 Å². The number of aryl methyl sites for hydroxylation is 1. The topological polar surface area (TPSA) is 78.1 Å². The Morgan fingerprint density at radius 3 is 2.78 bits per heavy atom. The van der Waals surface area contributed by atoms with Gasteiger partial charge in [0.15, 0.2) is 5.69 Å². The van der Waals surface area contributed by atoms with Gasteiger partial charge in [0.25, 0.3) is 11.8 Å². The van der Waals surface area contributed by atoms with Gasteiger partial charge in [-0.15, -0.1) is 11.3 Å². The van der Waals surface area contributed by atoms with Gasteiger partial charge in [-0.2, -0.15) is 5.10 Å². The van der Waals surface area contributed by atoms with Gasteiger partial charge in [0, 0.05) is 36.1 Å². The highest BCUT2D eigenvalue weighted by molar-refractivity contribution is 7.17. The van der Waals surface area contributed by atoms with E-state index in [9.17, 15) is 9.59 Å². The molecule has 0 saturated carbocycles. The Balaban J connectivity index is 1.60. The van der Waals surface area contributed by atoms with Crippen LogP contribution in [0.25, 0.3) is 10.4 Å². The van der Waals surface area contributed by atoms with Crippen molar-refractivity contribution >= 4 is 23.2 Å². The van der Waals surface area contributed by atoms with Gasteiger partial charge in [-0.3, -0.25) is 14.7 Å². The van der Waals surface area contributed by atoms with E-state index in [0.717, 1.165) is 32.1 Å². The lowest BCUT2D eigenvalue weighted by Crippen LogP contribution is -2.36. The summed E-state index contributed by atoms with van der Waals surface area (Å²) in [6.45, 7) is 3.04. The molecule has 0 fully saturated rings. The van der Waals surface area contributed by atoms with Crippen LogP contribution in [0.1, 0.15) is 37.0 Å². The van der Waals surface area contributed by atoms with E-state index >= 15 is 0 Å². The van der Waals surface area contributed by atoms with Crippen molar-refractivity contribution in [3.05, 3.63) is 63.8 Å². The number of fused-ring (bicyclic) bond motifs is 1. The number of carbonyl (C=O) groups is 2. The number of hydrogen-bond donors (Lipinski definition) is 2. The van der Waals surface area contributed by atoms with Crippen molar-refractivity contribution in [1.82, 2.24) is 20.4 Å². The maximum atomic E-state index is 13.1. The Labute approximate surface area is 161 Å². The van der Waals surface area contributed by atoms with Gasteiger partial charge in [0.2, 0.25) is 0 Å². The quantitative estimate of drug-likeness (QED) is 0.733. The van der Waals surface area contributed by atoms with Crippen molar-refractivity contribution in [3.8, 4) is 10.4 Å². The number of nitrogens with zero attached hydrogens (tertiary/aromatic N) is 2. The fraction of sp³-hybridized carbons (Fsp3) is 0.250. The van der Waals surface area contributed by atoms with E-state index in [4.69, 9.17) is 0 Å². The van der Waals surface area contributed by atoms with Crippen LogP contribution in [0.2, 0.25) is 0 Å². The number of hydrogen-bond acceptors (Lipinski definition) is 4. The zero-order chi connectivity index (χ0) is 19.0. The van der Waals surface area contributed by atoms with Crippen molar-refractivity contribution in [2.75, 3.05) is 13.6 Å². The van der Waals surface area contributed by atoms with Crippen molar-refractivity contribution in [1.29, 1.82) is 0 Å². The third-order valence-electron chi connectivity index (χ3n) is 4.83. The summed E-state index contributed by atoms with van der Waals surface area (Å²) >= 11 is 1.52. The predicted octanol–water partition coefficient (Wildman–Crippen LogP) is 3.00. The second-order valence-corrected chi connectivity index (χ2v) is 7.63. The molecule has 0 saturated heterocycles. The molecule has 0 radical (unpaired) electrons. The average Bonchev–Trinajstić information content (AvgIpc) is 3.30. The zero-order valence-electron chi connectivity index (χ0n) is 15.2. The Morgan fingerprint density at radius 2 is 2.04 bits per heavy atom. The molecule has 1 aliphatic rings. The summed E-state index contributed by atoms with van der Waals surface area (Å²) in [5.41, 5.74) is 4.34. The minimum absolute atomic E-state index is 0.0000113. The third kappa shape index (κ3) is 3.14. The molecule has 27 heavy (non-hydrogen) atoms. The number of aromatic nitrogens is 2. The molecule has 7 heteroatoms. The van der Waals surface area contributed by atoms with Crippen LogP contribution in [0.15, 0.2) is 36.4 Å². The Bertz CT molecular complexity index is 1010. The zero-order valence-corrected chi connectivity index (χ0v) is 16.0. The molecule has 0 aliphatic carbocycles. The van der Waals surface area contributed by atoms with Crippen molar-refractivity contribution in [2.45, 2.75) is 19.9 Å². The molecule has 6 nitrogen and oxygen atoms in total. The van der Waals surface area contributed by atoms with Gasteiger partial charge in [-0.25, -0.2) is 0 Å². The van der Waals surface area contributed by atoms with Crippen LogP contribution in [0, 0.1) is 6.92 Å². The SMILES string of the molecule is CNC(=O)c1n[nH]c2c1CN(C(=O)c1cc(C)c(-c3ccccc3)s1)CC2. The highest BCUT2D eigenvalue weighted by Gasteiger charge is 2.29. The van der Waals surface area contributed by atoms with Gasteiger partial charge in [0.05, 0.1) is 11.4 Å². The number of rotatable bonds is 3. The fourth-order valence-corrected chi connectivity index (χ4v) is 4.54. The predicted molar refractivity (Wildman–Crippen MR) is 105 cm³/mol. The largest absolute Gasteiger partial charge is 0.354 e. The van der Waals surface area contributed by atoms with Gasteiger partial charge < -0.3 is 10.2 Å². The summed E-state index contributed by atoms with van der Waals surface area (Å²) in [5, 5.41) is 9.65. The van der Waals surface area contributed by atoms with Gasteiger partial charge in [-0.1, -0.05) is 30.3 Å². The van der Waals surface area contributed by atoms with Crippen LogP contribution in [0.5, 0.6) is 0 Å². The molecule has 0 spiro atoms. The summed E-state index contributed by atoms with van der Waals surface area (Å²) in [6.07, 6.45) is 0.668. The minimum atomic E-state index is -0.236. The first kappa shape index (κ1) is 17.5. The van der Waals surface area contributed by atoms with Crippen molar-refractivity contribution < 1.29 is 9.59 Å². The van der Waals surface area contributed by atoms with Gasteiger partial charge in [0.1, 0.15) is 0 Å². The molecule has 138 valence electrons. The van der Waals surface area contributed by atoms with Gasteiger partial charge in [-0.05, 0) is 24.1 Å². The van der Waals surface area contributed by atoms with E-state index < -0.39 is 0 Å². The normalized spacial score (nSPS) is 13.3. The lowest BCUT2D eigenvalue weighted by molar-refractivity contribution is 0.0736. The smallest absolute Gasteiger partial charge is 0.271 e. The van der Waals surface area contributed by atoms with Gasteiger partial charge >= 0.3 is 0 Å². The summed E-state index contributed by atoms with van der Waals surface area (Å²) < 4.78 is 0. The van der Waals surface area contributed by atoms with E-state index in [2.05, 4.69) is 27.6 Å². The molecule has 3 aromatic rings. The number of nitrogens with one attached hydrogen (secondary N) is 2.